The predicted molar refractivity (Wildman–Crippen MR) is 54.8 cm³/mol. The fourth-order valence-corrected chi connectivity index (χ4v) is 1.76. The van der Waals surface area contributed by atoms with Crippen molar-refractivity contribution in [2.24, 2.45) is 4.99 Å². The van der Waals surface area contributed by atoms with Gasteiger partial charge < -0.3 is 9.64 Å². The predicted octanol–water partition coefficient (Wildman–Crippen LogP) is 1.05. The molecule has 0 saturated heterocycles. The summed E-state index contributed by atoms with van der Waals surface area (Å²) in [5.41, 5.74) is 0. The first-order valence-electron chi connectivity index (χ1n) is 3.93. The topological polar surface area (TPSA) is 54.8 Å². The van der Waals surface area contributed by atoms with E-state index in [4.69, 9.17) is 4.74 Å². The van der Waals surface area contributed by atoms with E-state index in [9.17, 15) is 4.79 Å². The Kier molecular flexibility index (Phi) is 3.62. The van der Waals surface area contributed by atoms with Crippen LogP contribution in [-0.2, 0) is 11.3 Å². The lowest BCUT2D eigenvalue weighted by atomic mass is 10.5. The summed E-state index contributed by atoms with van der Waals surface area (Å²) in [7, 11) is 5.33. The van der Waals surface area contributed by atoms with Gasteiger partial charge in [-0.3, -0.25) is 0 Å². The molecule has 6 heteroatoms. The van der Waals surface area contributed by atoms with Crippen LogP contribution in [0.2, 0.25) is 0 Å². The fourth-order valence-electron chi connectivity index (χ4n) is 0.881. The van der Waals surface area contributed by atoms with Crippen molar-refractivity contribution >= 4 is 22.5 Å². The fraction of sp³-hybridized carbons (Fsp3) is 0.500. The number of aliphatic imine (C=N–C) groups is 1. The highest BCUT2D eigenvalue weighted by molar-refractivity contribution is 7.15. The van der Waals surface area contributed by atoms with Crippen LogP contribution in [-0.4, -0.2) is 32.3 Å². The average Bonchev–Trinajstić information content (AvgIpc) is 2.57. The summed E-state index contributed by atoms with van der Waals surface area (Å²) in [6.45, 7) is 0.276. The number of ether oxygens (including phenoxy) is 1. The molecule has 0 aliphatic rings. The summed E-state index contributed by atoms with van der Waals surface area (Å²) >= 11 is 1.45. The summed E-state index contributed by atoms with van der Waals surface area (Å²) in [5.74, 6) is 0.526. The van der Waals surface area contributed by atoms with Gasteiger partial charge in [0.1, 0.15) is 0 Å². The van der Waals surface area contributed by atoms with E-state index in [0.717, 1.165) is 10.0 Å². The minimum atomic E-state index is 0.276. The minimum Gasteiger partial charge on any atom is -0.480 e. The van der Waals surface area contributed by atoms with E-state index in [1.807, 2.05) is 19.0 Å². The van der Waals surface area contributed by atoms with Crippen molar-refractivity contribution in [3.63, 3.8) is 0 Å². The molecule has 0 fully saturated rings. The number of thiazole rings is 1. The summed E-state index contributed by atoms with van der Waals surface area (Å²) < 4.78 is 5.06. The van der Waals surface area contributed by atoms with E-state index < -0.39 is 0 Å². The molecule has 76 valence electrons. The lowest BCUT2D eigenvalue weighted by Crippen LogP contribution is -2.07. The number of nitrogens with zero attached hydrogens (tertiary/aromatic N) is 3. The zero-order valence-electron chi connectivity index (χ0n) is 8.27. The Morgan fingerprint density at radius 1 is 1.64 bits per heavy atom. The highest BCUT2D eigenvalue weighted by Crippen LogP contribution is 2.30. The molecule has 0 atom stereocenters. The third-order valence-corrected chi connectivity index (χ3v) is 2.70. The van der Waals surface area contributed by atoms with E-state index in [-0.39, 0.29) is 6.54 Å². The van der Waals surface area contributed by atoms with Gasteiger partial charge in [-0.2, -0.15) is 4.98 Å². The number of anilines is 1. The van der Waals surface area contributed by atoms with Crippen LogP contribution in [0.5, 0.6) is 5.88 Å². The van der Waals surface area contributed by atoms with Gasteiger partial charge in [0.25, 0.3) is 0 Å². The number of methoxy groups -OCH3 is 1. The highest BCUT2D eigenvalue weighted by Gasteiger charge is 2.12. The Labute approximate surface area is 86.0 Å². The second-order valence-electron chi connectivity index (χ2n) is 2.73. The SMILES string of the molecule is COc1nc(N(C)C)sc1CN=C=O. The molecule has 14 heavy (non-hydrogen) atoms. The Morgan fingerprint density at radius 3 is 2.86 bits per heavy atom. The van der Waals surface area contributed by atoms with Crippen molar-refractivity contribution in [2.45, 2.75) is 6.54 Å². The second-order valence-corrected chi connectivity index (χ2v) is 3.79. The molecule has 1 aromatic rings. The van der Waals surface area contributed by atoms with E-state index in [1.165, 1.54) is 17.4 Å². The molecule has 1 rings (SSSR count). The standard InChI is InChI=1S/C8H11N3O2S/c1-11(2)8-10-7(13-3)6(14-8)4-9-5-12/h4H2,1-3H3. The molecule has 0 aliphatic carbocycles. The molecule has 0 saturated carbocycles. The summed E-state index contributed by atoms with van der Waals surface area (Å²) in [5, 5.41) is 0.831. The van der Waals surface area contributed by atoms with Crippen LogP contribution in [0.15, 0.2) is 4.99 Å². The maximum atomic E-state index is 9.96. The van der Waals surface area contributed by atoms with Crippen LogP contribution in [0.4, 0.5) is 5.13 Å². The van der Waals surface area contributed by atoms with Crippen LogP contribution >= 0.6 is 11.3 Å². The molecular formula is C8H11N3O2S. The van der Waals surface area contributed by atoms with Crippen LogP contribution in [0.1, 0.15) is 4.88 Å². The smallest absolute Gasteiger partial charge is 0.235 e. The molecule has 0 amide bonds. The number of aromatic nitrogens is 1. The van der Waals surface area contributed by atoms with Crippen molar-refractivity contribution in [3.8, 4) is 5.88 Å². The van der Waals surface area contributed by atoms with Crippen LogP contribution in [0.25, 0.3) is 0 Å². The molecule has 0 radical (unpaired) electrons. The average molecular weight is 213 g/mol. The van der Waals surface area contributed by atoms with Crippen LogP contribution in [0.3, 0.4) is 0 Å². The first-order valence-corrected chi connectivity index (χ1v) is 4.75. The Balaban J connectivity index is 2.95. The zero-order chi connectivity index (χ0) is 10.6. The van der Waals surface area contributed by atoms with Crippen molar-refractivity contribution in [1.29, 1.82) is 0 Å². The summed E-state index contributed by atoms with van der Waals surface area (Å²) in [4.78, 5) is 20.4. The molecular weight excluding hydrogens is 202 g/mol. The number of carbonyl (C=O) groups excluding carboxylic acids is 1. The van der Waals surface area contributed by atoms with Crippen LogP contribution in [0, 0.1) is 0 Å². The van der Waals surface area contributed by atoms with Crippen molar-refractivity contribution in [2.75, 3.05) is 26.1 Å². The maximum absolute atomic E-state index is 9.96. The minimum absolute atomic E-state index is 0.276. The van der Waals surface area contributed by atoms with Crippen molar-refractivity contribution < 1.29 is 9.53 Å². The van der Waals surface area contributed by atoms with Gasteiger partial charge in [0.15, 0.2) is 5.13 Å². The maximum Gasteiger partial charge on any atom is 0.235 e. The zero-order valence-corrected chi connectivity index (χ0v) is 9.09. The monoisotopic (exact) mass is 213 g/mol. The van der Waals surface area contributed by atoms with Gasteiger partial charge in [-0.1, -0.05) is 11.3 Å². The van der Waals surface area contributed by atoms with Crippen LogP contribution < -0.4 is 9.64 Å². The lowest BCUT2D eigenvalue weighted by Gasteiger charge is -2.04. The van der Waals surface area contributed by atoms with Gasteiger partial charge in [-0.25, -0.2) is 9.79 Å². The first kappa shape index (κ1) is 10.7. The largest absolute Gasteiger partial charge is 0.480 e. The normalized spacial score (nSPS) is 9.36. The highest BCUT2D eigenvalue weighted by atomic mass is 32.1. The Bertz CT molecular complexity index is 355. The van der Waals surface area contributed by atoms with E-state index in [1.54, 1.807) is 7.11 Å². The van der Waals surface area contributed by atoms with E-state index in [0.29, 0.717) is 5.88 Å². The number of hydrogen-bond donors (Lipinski definition) is 0. The van der Waals surface area contributed by atoms with Gasteiger partial charge in [-0.05, 0) is 0 Å². The Morgan fingerprint density at radius 2 is 2.36 bits per heavy atom. The van der Waals surface area contributed by atoms with Gasteiger partial charge in [0.05, 0.1) is 18.5 Å². The molecule has 0 N–H and O–H groups in total. The molecule has 1 aromatic heterocycles. The third-order valence-electron chi connectivity index (χ3n) is 1.51. The van der Waals surface area contributed by atoms with Gasteiger partial charge in [-0.15, -0.1) is 0 Å². The Hall–Kier alpha value is -1.39. The quantitative estimate of drug-likeness (QED) is 0.554. The summed E-state index contributed by atoms with van der Waals surface area (Å²) in [6.07, 6.45) is 1.49. The van der Waals surface area contributed by atoms with Crippen molar-refractivity contribution in [3.05, 3.63) is 4.88 Å². The van der Waals surface area contributed by atoms with Gasteiger partial charge >= 0.3 is 0 Å². The molecule has 0 aromatic carbocycles. The third kappa shape index (κ3) is 2.31. The van der Waals surface area contributed by atoms with Crippen molar-refractivity contribution in [1.82, 2.24) is 4.98 Å². The molecule has 1 heterocycles. The van der Waals surface area contributed by atoms with E-state index in [2.05, 4.69) is 9.98 Å². The molecule has 0 bridgehead atoms. The molecule has 5 nitrogen and oxygen atoms in total. The second kappa shape index (κ2) is 4.74. The summed E-state index contributed by atoms with van der Waals surface area (Å²) in [6, 6.07) is 0. The molecule has 0 aliphatic heterocycles. The first-order chi connectivity index (χ1) is 6.69. The van der Waals surface area contributed by atoms with Gasteiger partial charge in [0.2, 0.25) is 12.0 Å². The van der Waals surface area contributed by atoms with Gasteiger partial charge in [0, 0.05) is 14.1 Å². The molecule has 0 spiro atoms. The number of rotatable bonds is 4. The molecule has 0 unspecified atom stereocenters. The lowest BCUT2D eigenvalue weighted by molar-refractivity contribution is 0.396. The number of isocyanates is 1. The van der Waals surface area contributed by atoms with E-state index >= 15 is 0 Å². The number of hydrogen-bond acceptors (Lipinski definition) is 6.